The minimum Gasteiger partial charge on any atom is -0.368 e. The molecule has 1 saturated heterocycles. The minimum atomic E-state index is 0.267. The van der Waals surface area contributed by atoms with Gasteiger partial charge in [-0.25, -0.2) is 0 Å². The summed E-state index contributed by atoms with van der Waals surface area (Å²) in [7, 11) is 0. The van der Waals surface area contributed by atoms with Gasteiger partial charge in [-0.05, 0) is 30.7 Å². The fraction of sp³-hybridized carbons (Fsp3) is 0.462. The number of benzene rings is 1. The zero-order valence-electron chi connectivity index (χ0n) is 9.91. The lowest BCUT2D eigenvalue weighted by molar-refractivity contribution is 0.462. The van der Waals surface area contributed by atoms with Crippen molar-refractivity contribution in [1.29, 1.82) is 5.26 Å². The molecule has 0 aliphatic carbocycles. The van der Waals surface area contributed by atoms with Crippen LogP contribution in [0.15, 0.2) is 18.2 Å². The lowest BCUT2D eigenvalue weighted by atomic mass is 10.1. The van der Waals surface area contributed by atoms with E-state index in [4.69, 9.17) is 16.9 Å². The van der Waals surface area contributed by atoms with Crippen LogP contribution in [0.4, 0.5) is 5.69 Å². The van der Waals surface area contributed by atoms with E-state index in [2.05, 4.69) is 29.3 Å². The SMILES string of the molecule is Cc1cc(Cl)ccc1N1CCNC(CC#N)C1. The molecule has 0 spiro atoms. The van der Waals surface area contributed by atoms with Crippen LogP contribution < -0.4 is 10.2 Å². The molecule has 0 aromatic heterocycles. The van der Waals surface area contributed by atoms with E-state index >= 15 is 0 Å². The number of nitriles is 1. The average Bonchev–Trinajstić information content (AvgIpc) is 2.29. The van der Waals surface area contributed by atoms with Crippen molar-refractivity contribution in [2.75, 3.05) is 24.5 Å². The molecule has 1 fully saturated rings. The third-order valence-corrected chi connectivity index (χ3v) is 3.33. The smallest absolute Gasteiger partial charge is 0.0638 e. The van der Waals surface area contributed by atoms with Crippen molar-refractivity contribution in [2.24, 2.45) is 0 Å². The van der Waals surface area contributed by atoms with E-state index in [0.29, 0.717) is 6.42 Å². The van der Waals surface area contributed by atoms with Crippen LogP contribution >= 0.6 is 11.6 Å². The van der Waals surface area contributed by atoms with Crippen LogP contribution in [-0.2, 0) is 0 Å². The van der Waals surface area contributed by atoms with E-state index in [9.17, 15) is 0 Å². The van der Waals surface area contributed by atoms with Crippen molar-refractivity contribution in [3.8, 4) is 6.07 Å². The molecule has 1 aromatic carbocycles. The molecule has 0 amide bonds. The number of nitrogens with one attached hydrogen (secondary N) is 1. The third-order valence-electron chi connectivity index (χ3n) is 3.09. The molecule has 1 heterocycles. The summed E-state index contributed by atoms with van der Waals surface area (Å²) >= 11 is 5.96. The van der Waals surface area contributed by atoms with Crippen molar-refractivity contribution in [2.45, 2.75) is 19.4 Å². The van der Waals surface area contributed by atoms with Gasteiger partial charge in [-0.2, -0.15) is 5.26 Å². The van der Waals surface area contributed by atoms with Crippen molar-refractivity contribution in [3.05, 3.63) is 28.8 Å². The maximum Gasteiger partial charge on any atom is 0.0638 e. The van der Waals surface area contributed by atoms with E-state index in [1.165, 1.54) is 11.3 Å². The molecule has 2 rings (SSSR count). The van der Waals surface area contributed by atoms with Gasteiger partial charge in [0, 0.05) is 36.4 Å². The summed E-state index contributed by atoms with van der Waals surface area (Å²) in [6.45, 7) is 4.86. The number of hydrogen-bond donors (Lipinski definition) is 1. The van der Waals surface area contributed by atoms with Crippen LogP contribution in [0.3, 0.4) is 0 Å². The van der Waals surface area contributed by atoms with Gasteiger partial charge in [0.1, 0.15) is 0 Å². The van der Waals surface area contributed by atoms with Crippen molar-refractivity contribution < 1.29 is 0 Å². The van der Waals surface area contributed by atoms with Gasteiger partial charge in [-0.3, -0.25) is 0 Å². The second-order valence-electron chi connectivity index (χ2n) is 4.39. The first kappa shape index (κ1) is 12.2. The van der Waals surface area contributed by atoms with E-state index in [1.54, 1.807) is 0 Å². The lowest BCUT2D eigenvalue weighted by Gasteiger charge is -2.35. The average molecular weight is 250 g/mol. The zero-order chi connectivity index (χ0) is 12.3. The standard InChI is InChI=1S/C13H16ClN3/c1-10-8-11(14)2-3-13(10)17-7-6-16-12(9-17)4-5-15/h2-3,8,12,16H,4,6-7,9H2,1H3. The van der Waals surface area contributed by atoms with Gasteiger partial charge in [-0.15, -0.1) is 0 Å². The van der Waals surface area contributed by atoms with Crippen LogP contribution in [0.25, 0.3) is 0 Å². The molecular weight excluding hydrogens is 234 g/mol. The molecule has 1 atom stereocenters. The third kappa shape index (κ3) is 2.91. The molecule has 1 unspecified atom stereocenters. The first-order valence-corrected chi connectivity index (χ1v) is 6.20. The predicted octanol–water partition coefficient (Wildman–Crippen LogP) is 2.34. The summed E-state index contributed by atoms with van der Waals surface area (Å²) in [5.74, 6) is 0. The van der Waals surface area contributed by atoms with Crippen LogP contribution in [0, 0.1) is 18.3 Å². The maximum absolute atomic E-state index is 8.74. The Morgan fingerprint density at radius 1 is 1.59 bits per heavy atom. The number of nitrogens with zero attached hydrogens (tertiary/aromatic N) is 2. The highest BCUT2D eigenvalue weighted by molar-refractivity contribution is 6.30. The first-order valence-electron chi connectivity index (χ1n) is 5.82. The second-order valence-corrected chi connectivity index (χ2v) is 4.83. The summed E-state index contributed by atoms with van der Waals surface area (Å²) in [4.78, 5) is 2.32. The molecule has 0 bridgehead atoms. The Morgan fingerprint density at radius 2 is 2.41 bits per heavy atom. The predicted molar refractivity (Wildman–Crippen MR) is 70.4 cm³/mol. The summed E-state index contributed by atoms with van der Waals surface area (Å²) in [6, 6.07) is 8.46. The summed E-state index contributed by atoms with van der Waals surface area (Å²) in [5, 5.41) is 12.9. The zero-order valence-corrected chi connectivity index (χ0v) is 10.7. The highest BCUT2D eigenvalue weighted by Crippen LogP contribution is 2.24. The lowest BCUT2D eigenvalue weighted by Crippen LogP contribution is -2.50. The molecular formula is C13H16ClN3. The van der Waals surface area contributed by atoms with Gasteiger partial charge in [0.25, 0.3) is 0 Å². The number of rotatable bonds is 2. The fourth-order valence-corrected chi connectivity index (χ4v) is 2.49. The Morgan fingerprint density at radius 3 is 3.12 bits per heavy atom. The number of aryl methyl sites for hydroxylation is 1. The Kier molecular flexibility index (Phi) is 3.88. The Hall–Kier alpha value is -1.24. The van der Waals surface area contributed by atoms with Gasteiger partial charge < -0.3 is 10.2 Å². The Bertz CT molecular complexity index is 439. The molecule has 1 aliphatic heterocycles. The first-order chi connectivity index (χ1) is 8.20. The van der Waals surface area contributed by atoms with Gasteiger partial charge in [0.15, 0.2) is 0 Å². The molecule has 0 radical (unpaired) electrons. The van der Waals surface area contributed by atoms with E-state index in [0.717, 1.165) is 24.7 Å². The minimum absolute atomic E-state index is 0.267. The quantitative estimate of drug-likeness (QED) is 0.875. The summed E-state index contributed by atoms with van der Waals surface area (Å²) < 4.78 is 0. The van der Waals surface area contributed by atoms with Crippen LogP contribution in [0.1, 0.15) is 12.0 Å². The molecule has 17 heavy (non-hydrogen) atoms. The highest BCUT2D eigenvalue weighted by Gasteiger charge is 2.20. The van der Waals surface area contributed by atoms with Gasteiger partial charge in [0.2, 0.25) is 0 Å². The van der Waals surface area contributed by atoms with Crippen LogP contribution in [0.5, 0.6) is 0 Å². The number of piperazine rings is 1. The molecule has 0 saturated carbocycles. The number of halogens is 1. The van der Waals surface area contributed by atoms with Crippen molar-refractivity contribution in [3.63, 3.8) is 0 Å². The highest BCUT2D eigenvalue weighted by atomic mass is 35.5. The van der Waals surface area contributed by atoms with Crippen molar-refractivity contribution in [1.82, 2.24) is 5.32 Å². The molecule has 1 N–H and O–H groups in total. The Labute approximate surface area is 107 Å². The molecule has 1 aliphatic rings. The van der Waals surface area contributed by atoms with E-state index in [-0.39, 0.29) is 6.04 Å². The monoisotopic (exact) mass is 249 g/mol. The van der Waals surface area contributed by atoms with Gasteiger partial charge in [0.05, 0.1) is 12.5 Å². The number of anilines is 1. The molecule has 4 heteroatoms. The van der Waals surface area contributed by atoms with Crippen LogP contribution in [0.2, 0.25) is 5.02 Å². The summed E-state index contributed by atoms with van der Waals surface area (Å²) in [5.41, 5.74) is 2.41. The van der Waals surface area contributed by atoms with Crippen molar-refractivity contribution >= 4 is 17.3 Å². The largest absolute Gasteiger partial charge is 0.368 e. The Balaban J connectivity index is 2.14. The molecule has 90 valence electrons. The van der Waals surface area contributed by atoms with Gasteiger partial charge >= 0.3 is 0 Å². The maximum atomic E-state index is 8.74. The van der Waals surface area contributed by atoms with Crippen LogP contribution in [-0.4, -0.2) is 25.7 Å². The number of hydrogen-bond acceptors (Lipinski definition) is 3. The fourth-order valence-electron chi connectivity index (χ4n) is 2.26. The molecule has 3 nitrogen and oxygen atoms in total. The van der Waals surface area contributed by atoms with E-state index < -0.39 is 0 Å². The summed E-state index contributed by atoms with van der Waals surface area (Å²) in [6.07, 6.45) is 0.559. The van der Waals surface area contributed by atoms with E-state index in [1.807, 2.05) is 12.1 Å². The topological polar surface area (TPSA) is 39.1 Å². The second kappa shape index (κ2) is 5.39. The van der Waals surface area contributed by atoms with Gasteiger partial charge in [-0.1, -0.05) is 11.6 Å². The molecule has 1 aromatic rings. The normalized spacial score (nSPS) is 20.1.